The van der Waals surface area contributed by atoms with Crippen molar-refractivity contribution < 1.29 is 14.3 Å². The number of ether oxygens (including phenoxy) is 2. The van der Waals surface area contributed by atoms with Gasteiger partial charge >= 0.3 is 0 Å². The summed E-state index contributed by atoms with van der Waals surface area (Å²) in [4.78, 5) is 12.6. The van der Waals surface area contributed by atoms with Gasteiger partial charge in [-0.15, -0.1) is 0 Å². The van der Waals surface area contributed by atoms with E-state index >= 15 is 0 Å². The molecule has 0 atom stereocenters. The van der Waals surface area contributed by atoms with Crippen LogP contribution in [0.2, 0.25) is 0 Å². The van der Waals surface area contributed by atoms with E-state index in [9.17, 15) is 4.79 Å². The molecule has 0 aliphatic rings. The summed E-state index contributed by atoms with van der Waals surface area (Å²) in [5.74, 6) is 1.09. The second-order valence-electron chi connectivity index (χ2n) is 7.82. The first-order chi connectivity index (χ1) is 16.5. The van der Waals surface area contributed by atoms with Crippen molar-refractivity contribution in [1.29, 1.82) is 0 Å². The van der Waals surface area contributed by atoms with Crippen LogP contribution >= 0.6 is 0 Å². The number of rotatable bonds is 7. The Morgan fingerprint density at radius 3 is 2.29 bits per heavy atom. The smallest absolute Gasteiger partial charge is 0.271 e. The summed E-state index contributed by atoms with van der Waals surface area (Å²) in [6.07, 6.45) is 1.56. The third-order valence-electron chi connectivity index (χ3n) is 5.71. The first kappa shape index (κ1) is 22.9. The van der Waals surface area contributed by atoms with E-state index in [4.69, 9.17) is 9.47 Å². The highest BCUT2D eigenvalue weighted by atomic mass is 16.5. The van der Waals surface area contributed by atoms with Crippen LogP contribution in [-0.4, -0.2) is 30.9 Å². The number of carbonyl (C=O) groups excluding carboxylic acids is 1. The van der Waals surface area contributed by atoms with Crippen LogP contribution < -0.4 is 14.9 Å². The Kier molecular flexibility index (Phi) is 6.78. The van der Waals surface area contributed by atoms with Crippen molar-refractivity contribution in [1.82, 2.24) is 9.99 Å². The SMILES string of the molecule is COc1ccc(/C=N/NC(=O)c2ccc(-n3c(C)ccc3-c3ccccc3)cc2)c(OC)c1C. The highest BCUT2D eigenvalue weighted by Gasteiger charge is 2.12. The van der Waals surface area contributed by atoms with E-state index in [1.165, 1.54) is 0 Å². The van der Waals surface area contributed by atoms with Crippen molar-refractivity contribution in [3.63, 3.8) is 0 Å². The van der Waals surface area contributed by atoms with Crippen LogP contribution in [-0.2, 0) is 0 Å². The third-order valence-corrected chi connectivity index (χ3v) is 5.71. The summed E-state index contributed by atoms with van der Waals surface area (Å²) in [6, 6.07) is 25.6. The van der Waals surface area contributed by atoms with Gasteiger partial charge in [0, 0.05) is 28.1 Å². The number of benzene rings is 3. The van der Waals surface area contributed by atoms with Gasteiger partial charge in [0.05, 0.1) is 26.1 Å². The lowest BCUT2D eigenvalue weighted by Gasteiger charge is -2.13. The number of aryl methyl sites for hydroxylation is 1. The zero-order chi connectivity index (χ0) is 24.1. The average Bonchev–Trinajstić information content (AvgIpc) is 3.26. The minimum Gasteiger partial charge on any atom is -0.496 e. The van der Waals surface area contributed by atoms with Crippen molar-refractivity contribution in [2.24, 2.45) is 5.10 Å². The zero-order valence-corrected chi connectivity index (χ0v) is 19.7. The number of aromatic nitrogens is 1. The molecule has 4 rings (SSSR count). The minimum atomic E-state index is -0.292. The second kappa shape index (κ2) is 10.1. The van der Waals surface area contributed by atoms with Crippen molar-refractivity contribution >= 4 is 12.1 Å². The number of nitrogens with one attached hydrogen (secondary N) is 1. The lowest BCUT2D eigenvalue weighted by molar-refractivity contribution is 0.0955. The van der Waals surface area contributed by atoms with E-state index in [0.29, 0.717) is 11.3 Å². The monoisotopic (exact) mass is 453 g/mol. The molecule has 1 amide bonds. The van der Waals surface area contributed by atoms with Gasteiger partial charge in [0.15, 0.2) is 0 Å². The maximum atomic E-state index is 12.6. The Morgan fingerprint density at radius 2 is 1.62 bits per heavy atom. The van der Waals surface area contributed by atoms with Gasteiger partial charge in [0.2, 0.25) is 0 Å². The molecule has 3 aromatic carbocycles. The molecule has 0 fully saturated rings. The minimum absolute atomic E-state index is 0.292. The maximum Gasteiger partial charge on any atom is 0.271 e. The van der Waals surface area contributed by atoms with E-state index < -0.39 is 0 Å². The highest BCUT2D eigenvalue weighted by Crippen LogP contribution is 2.30. The number of hydrogen-bond donors (Lipinski definition) is 1. The number of amides is 1. The molecule has 4 aromatic rings. The summed E-state index contributed by atoms with van der Waals surface area (Å²) >= 11 is 0. The van der Waals surface area contributed by atoms with Crippen LogP contribution in [0.25, 0.3) is 16.9 Å². The van der Waals surface area contributed by atoms with E-state index in [0.717, 1.165) is 39.5 Å². The molecule has 1 N–H and O–H groups in total. The largest absolute Gasteiger partial charge is 0.496 e. The molecule has 0 aliphatic carbocycles. The molecule has 0 aliphatic heterocycles. The topological polar surface area (TPSA) is 64.8 Å². The molecular weight excluding hydrogens is 426 g/mol. The van der Waals surface area contributed by atoms with Gasteiger partial charge in [0.25, 0.3) is 5.91 Å². The number of methoxy groups -OCH3 is 2. The van der Waals surface area contributed by atoms with E-state index in [-0.39, 0.29) is 5.91 Å². The van der Waals surface area contributed by atoms with Crippen LogP contribution in [0.5, 0.6) is 11.5 Å². The van der Waals surface area contributed by atoms with Gasteiger partial charge in [-0.25, -0.2) is 5.43 Å². The van der Waals surface area contributed by atoms with Crippen LogP contribution in [0.1, 0.15) is 27.2 Å². The van der Waals surface area contributed by atoms with Crippen molar-refractivity contribution in [3.8, 4) is 28.4 Å². The van der Waals surface area contributed by atoms with Crippen molar-refractivity contribution in [2.45, 2.75) is 13.8 Å². The van der Waals surface area contributed by atoms with Crippen molar-refractivity contribution in [2.75, 3.05) is 14.2 Å². The number of carbonyl (C=O) groups is 1. The molecule has 34 heavy (non-hydrogen) atoms. The van der Waals surface area contributed by atoms with Crippen molar-refractivity contribution in [3.05, 3.63) is 101 Å². The van der Waals surface area contributed by atoms with Crippen LogP contribution in [0, 0.1) is 13.8 Å². The van der Waals surface area contributed by atoms with E-state index in [1.807, 2.05) is 49.4 Å². The predicted molar refractivity (Wildman–Crippen MR) is 135 cm³/mol. The number of hydrogen-bond acceptors (Lipinski definition) is 4. The fourth-order valence-electron chi connectivity index (χ4n) is 3.99. The lowest BCUT2D eigenvalue weighted by Crippen LogP contribution is -2.17. The van der Waals surface area contributed by atoms with E-state index in [2.05, 4.69) is 46.3 Å². The fraction of sp³-hybridized carbons (Fsp3) is 0.143. The second-order valence-corrected chi connectivity index (χ2v) is 7.82. The molecule has 1 aromatic heterocycles. The molecule has 0 saturated heterocycles. The molecule has 0 saturated carbocycles. The molecule has 1 heterocycles. The third kappa shape index (κ3) is 4.57. The molecule has 0 unspecified atom stereocenters. The normalized spacial score (nSPS) is 10.9. The fourth-order valence-corrected chi connectivity index (χ4v) is 3.99. The quantitative estimate of drug-likeness (QED) is 0.295. The summed E-state index contributed by atoms with van der Waals surface area (Å²) in [7, 11) is 3.20. The van der Waals surface area contributed by atoms with Gasteiger partial charge in [-0.2, -0.15) is 5.10 Å². The average molecular weight is 454 g/mol. The molecule has 6 nitrogen and oxygen atoms in total. The summed E-state index contributed by atoms with van der Waals surface area (Å²) < 4.78 is 13.0. The summed E-state index contributed by atoms with van der Waals surface area (Å²) in [6.45, 7) is 3.97. The van der Waals surface area contributed by atoms with Crippen LogP contribution in [0.15, 0.2) is 84.0 Å². The van der Waals surface area contributed by atoms with Gasteiger partial charge in [-0.05, 0) is 67.9 Å². The Morgan fingerprint density at radius 1 is 0.882 bits per heavy atom. The molecule has 172 valence electrons. The Bertz CT molecular complexity index is 1320. The summed E-state index contributed by atoms with van der Waals surface area (Å²) in [5.41, 5.74) is 9.05. The Labute approximate surface area is 199 Å². The van der Waals surface area contributed by atoms with Gasteiger partial charge in [-0.3, -0.25) is 4.79 Å². The molecular formula is C28H27N3O3. The number of nitrogens with zero attached hydrogens (tertiary/aromatic N) is 2. The van der Waals surface area contributed by atoms with E-state index in [1.54, 1.807) is 32.6 Å². The Balaban J connectivity index is 1.50. The van der Waals surface area contributed by atoms with Gasteiger partial charge in [-0.1, -0.05) is 30.3 Å². The highest BCUT2D eigenvalue weighted by molar-refractivity contribution is 5.95. The maximum absolute atomic E-state index is 12.6. The van der Waals surface area contributed by atoms with Gasteiger partial charge < -0.3 is 14.0 Å². The molecule has 0 spiro atoms. The molecule has 6 heteroatoms. The van der Waals surface area contributed by atoms with Gasteiger partial charge in [0.1, 0.15) is 11.5 Å². The molecule has 0 bridgehead atoms. The standard InChI is InChI=1S/C28H27N3O3/c1-19-10-16-25(21-8-6-5-7-9-21)31(19)24-14-11-22(12-15-24)28(32)30-29-18-23-13-17-26(33-3)20(2)27(23)34-4/h5-18H,1-4H3,(H,30,32)/b29-18+. The van der Waals surface area contributed by atoms with Crippen LogP contribution in [0.3, 0.4) is 0 Å². The molecule has 0 radical (unpaired) electrons. The first-order valence-electron chi connectivity index (χ1n) is 10.9. The summed E-state index contributed by atoms with van der Waals surface area (Å²) in [5, 5.41) is 4.11. The lowest BCUT2D eigenvalue weighted by atomic mass is 10.1. The predicted octanol–water partition coefficient (Wildman–Crippen LogP) is 5.54. The Hall–Kier alpha value is -4.32. The zero-order valence-electron chi connectivity index (χ0n) is 19.7. The van der Waals surface area contributed by atoms with Crippen LogP contribution in [0.4, 0.5) is 0 Å². The first-order valence-corrected chi connectivity index (χ1v) is 10.9. The number of hydrazone groups is 1.